The summed E-state index contributed by atoms with van der Waals surface area (Å²) in [7, 11) is 1.63. The van der Waals surface area contributed by atoms with Crippen LogP contribution < -0.4 is 5.73 Å². The second kappa shape index (κ2) is 4.71. The summed E-state index contributed by atoms with van der Waals surface area (Å²) in [5.41, 5.74) is 6.33. The smallest absolute Gasteiger partial charge is 0.258 e. The van der Waals surface area contributed by atoms with Crippen LogP contribution in [0.2, 0.25) is 0 Å². The number of ether oxygens (including phenoxy) is 1. The van der Waals surface area contributed by atoms with E-state index in [0.29, 0.717) is 30.6 Å². The van der Waals surface area contributed by atoms with Gasteiger partial charge in [0.2, 0.25) is 0 Å². The highest BCUT2D eigenvalue weighted by molar-refractivity contribution is 5.56. The van der Waals surface area contributed by atoms with Gasteiger partial charge in [-0.25, -0.2) is 4.98 Å². The van der Waals surface area contributed by atoms with Crippen LogP contribution in [0.3, 0.4) is 0 Å². The van der Waals surface area contributed by atoms with Gasteiger partial charge >= 0.3 is 0 Å². The Hall–Kier alpha value is -1.95. The Labute approximate surface area is 92.4 Å². The normalized spacial score (nSPS) is 10.6. The molecule has 0 unspecified atom stereocenters. The molecule has 0 aliphatic rings. The van der Waals surface area contributed by atoms with Crippen LogP contribution in [0.5, 0.6) is 0 Å². The average Bonchev–Trinajstić information content (AvgIpc) is 2.75. The number of hydrogen-bond donors (Lipinski definition) is 1. The molecule has 0 atom stereocenters. The Kier molecular flexibility index (Phi) is 3.11. The summed E-state index contributed by atoms with van der Waals surface area (Å²) < 4.78 is 10.0. The van der Waals surface area contributed by atoms with Crippen molar-refractivity contribution in [3.05, 3.63) is 24.2 Å². The van der Waals surface area contributed by atoms with Gasteiger partial charge in [0.05, 0.1) is 6.61 Å². The first-order valence-corrected chi connectivity index (χ1v) is 4.83. The van der Waals surface area contributed by atoms with E-state index in [1.165, 1.54) is 0 Å². The molecule has 2 N–H and O–H groups in total. The summed E-state index contributed by atoms with van der Waals surface area (Å²) in [5.74, 6) is 1.49. The lowest BCUT2D eigenvalue weighted by atomic mass is 10.2. The van der Waals surface area contributed by atoms with Crippen molar-refractivity contribution in [2.45, 2.75) is 6.42 Å². The largest absolute Gasteiger partial charge is 0.384 e. The van der Waals surface area contributed by atoms with Crippen molar-refractivity contribution >= 4 is 5.82 Å². The number of rotatable bonds is 4. The van der Waals surface area contributed by atoms with Gasteiger partial charge in [0.15, 0.2) is 5.82 Å². The van der Waals surface area contributed by atoms with Crippen LogP contribution in [0.4, 0.5) is 5.82 Å². The number of pyridine rings is 1. The summed E-state index contributed by atoms with van der Waals surface area (Å²) in [6.45, 7) is 0.567. The van der Waals surface area contributed by atoms with Gasteiger partial charge in [0.25, 0.3) is 5.89 Å². The third-order valence-corrected chi connectivity index (χ3v) is 2.03. The predicted molar refractivity (Wildman–Crippen MR) is 57.5 cm³/mol. The molecule has 16 heavy (non-hydrogen) atoms. The highest BCUT2D eigenvalue weighted by atomic mass is 16.5. The van der Waals surface area contributed by atoms with Gasteiger partial charge in [-0.15, -0.1) is 0 Å². The van der Waals surface area contributed by atoms with Crippen LogP contribution in [-0.2, 0) is 11.2 Å². The summed E-state index contributed by atoms with van der Waals surface area (Å²) in [6.07, 6.45) is 2.23. The maximum atomic E-state index is 5.56. The van der Waals surface area contributed by atoms with E-state index in [9.17, 15) is 0 Å². The predicted octanol–water partition coefficient (Wildman–Crippen LogP) is 0.903. The number of methoxy groups -OCH3 is 1. The minimum absolute atomic E-state index is 0.425. The van der Waals surface area contributed by atoms with Gasteiger partial charge in [-0.05, 0) is 12.1 Å². The summed E-state index contributed by atoms with van der Waals surface area (Å²) in [4.78, 5) is 8.11. The zero-order valence-electron chi connectivity index (χ0n) is 8.88. The lowest BCUT2D eigenvalue weighted by Gasteiger charge is -1.94. The van der Waals surface area contributed by atoms with E-state index < -0.39 is 0 Å². The van der Waals surface area contributed by atoms with Gasteiger partial charge < -0.3 is 15.0 Å². The first kappa shape index (κ1) is 10.6. The first-order chi connectivity index (χ1) is 7.79. The molecule has 0 aliphatic heterocycles. The van der Waals surface area contributed by atoms with Crippen molar-refractivity contribution in [1.29, 1.82) is 0 Å². The van der Waals surface area contributed by atoms with Crippen molar-refractivity contribution in [2.24, 2.45) is 0 Å². The van der Waals surface area contributed by atoms with E-state index in [4.69, 9.17) is 15.0 Å². The highest BCUT2D eigenvalue weighted by Gasteiger charge is 2.08. The molecule has 0 saturated carbocycles. The number of nitrogen functional groups attached to an aromatic ring is 1. The van der Waals surface area contributed by atoms with Gasteiger partial charge in [0.1, 0.15) is 5.82 Å². The quantitative estimate of drug-likeness (QED) is 0.823. The molecule has 0 fully saturated rings. The molecular weight excluding hydrogens is 208 g/mol. The summed E-state index contributed by atoms with van der Waals surface area (Å²) >= 11 is 0. The van der Waals surface area contributed by atoms with Crippen molar-refractivity contribution in [3.8, 4) is 11.5 Å². The highest BCUT2D eigenvalue weighted by Crippen LogP contribution is 2.17. The maximum Gasteiger partial charge on any atom is 0.258 e. The van der Waals surface area contributed by atoms with E-state index in [1.54, 1.807) is 25.4 Å². The van der Waals surface area contributed by atoms with E-state index in [0.717, 1.165) is 5.56 Å². The minimum Gasteiger partial charge on any atom is -0.384 e. The third-order valence-electron chi connectivity index (χ3n) is 2.03. The average molecular weight is 220 g/mol. The second-order valence-corrected chi connectivity index (χ2v) is 3.23. The Bertz CT molecular complexity index is 469. The summed E-state index contributed by atoms with van der Waals surface area (Å²) in [6, 6.07) is 3.46. The topological polar surface area (TPSA) is 87.1 Å². The fourth-order valence-corrected chi connectivity index (χ4v) is 1.25. The molecule has 0 aromatic carbocycles. The molecule has 2 heterocycles. The van der Waals surface area contributed by atoms with E-state index in [1.807, 2.05) is 0 Å². The van der Waals surface area contributed by atoms with Crippen LogP contribution in [-0.4, -0.2) is 28.8 Å². The Balaban J connectivity index is 2.18. The molecule has 6 nitrogen and oxygen atoms in total. The third kappa shape index (κ3) is 2.34. The molecule has 2 aromatic heterocycles. The van der Waals surface area contributed by atoms with Gasteiger partial charge in [-0.2, -0.15) is 4.98 Å². The number of anilines is 1. The molecule has 2 rings (SSSR count). The van der Waals surface area contributed by atoms with Crippen molar-refractivity contribution < 1.29 is 9.26 Å². The van der Waals surface area contributed by atoms with Crippen LogP contribution >= 0.6 is 0 Å². The Morgan fingerprint density at radius 3 is 3.12 bits per heavy atom. The minimum atomic E-state index is 0.425. The van der Waals surface area contributed by atoms with Crippen molar-refractivity contribution in [1.82, 2.24) is 15.1 Å². The molecule has 0 bridgehead atoms. The molecule has 6 heteroatoms. The molecule has 0 spiro atoms. The molecule has 0 amide bonds. The molecular formula is C10H12N4O2. The monoisotopic (exact) mass is 220 g/mol. The summed E-state index contributed by atoms with van der Waals surface area (Å²) in [5, 5.41) is 3.83. The van der Waals surface area contributed by atoms with Gasteiger partial charge in [-0.1, -0.05) is 5.16 Å². The lowest BCUT2D eigenvalue weighted by molar-refractivity contribution is 0.199. The lowest BCUT2D eigenvalue weighted by Crippen LogP contribution is -1.96. The van der Waals surface area contributed by atoms with Gasteiger partial charge in [-0.3, -0.25) is 0 Å². The molecule has 0 saturated heterocycles. The van der Waals surface area contributed by atoms with E-state index >= 15 is 0 Å². The first-order valence-electron chi connectivity index (χ1n) is 4.83. The molecule has 2 aromatic rings. The fourth-order valence-electron chi connectivity index (χ4n) is 1.25. The second-order valence-electron chi connectivity index (χ2n) is 3.23. The standard InChI is InChI=1S/C10H12N4O2/c1-15-5-3-9-13-10(16-14-9)7-2-4-12-8(11)6-7/h2,4,6H,3,5H2,1H3,(H2,11,12). The van der Waals surface area contributed by atoms with Gasteiger partial charge in [0, 0.05) is 25.3 Å². The number of hydrogen-bond acceptors (Lipinski definition) is 6. The SMILES string of the molecule is COCCc1noc(-c2ccnc(N)c2)n1. The number of nitrogens with zero attached hydrogens (tertiary/aromatic N) is 3. The van der Waals surface area contributed by atoms with Crippen LogP contribution in [0, 0.1) is 0 Å². The van der Waals surface area contributed by atoms with Crippen molar-refractivity contribution in [2.75, 3.05) is 19.5 Å². The fraction of sp³-hybridized carbons (Fsp3) is 0.300. The van der Waals surface area contributed by atoms with Crippen LogP contribution in [0.1, 0.15) is 5.82 Å². The number of aromatic nitrogens is 3. The number of nitrogens with two attached hydrogens (primary N) is 1. The van der Waals surface area contributed by atoms with E-state index in [-0.39, 0.29) is 0 Å². The van der Waals surface area contributed by atoms with Crippen LogP contribution in [0.25, 0.3) is 11.5 Å². The molecule has 84 valence electrons. The molecule has 0 aliphatic carbocycles. The maximum absolute atomic E-state index is 5.56. The van der Waals surface area contributed by atoms with Crippen molar-refractivity contribution in [3.63, 3.8) is 0 Å². The van der Waals surface area contributed by atoms with Crippen LogP contribution in [0.15, 0.2) is 22.9 Å². The Morgan fingerprint density at radius 1 is 1.50 bits per heavy atom. The molecule has 0 radical (unpaired) electrons. The Morgan fingerprint density at radius 2 is 2.38 bits per heavy atom. The van der Waals surface area contributed by atoms with E-state index in [2.05, 4.69) is 15.1 Å². The zero-order valence-corrected chi connectivity index (χ0v) is 8.88. The zero-order chi connectivity index (χ0) is 11.4.